The van der Waals surface area contributed by atoms with Crippen LogP contribution < -0.4 is 9.47 Å². The number of carboxylic acids is 1. The number of ether oxygens (including phenoxy) is 2. The fourth-order valence-electron chi connectivity index (χ4n) is 4.69. The van der Waals surface area contributed by atoms with E-state index in [1.165, 1.54) is 24.1 Å². The van der Waals surface area contributed by atoms with Crippen LogP contribution in [0.15, 0.2) is 66.7 Å². The molecule has 1 fully saturated rings. The lowest BCUT2D eigenvalue weighted by Crippen LogP contribution is -2.33. The number of carbonyl (C=O) groups excluding carboxylic acids is 2. The molecule has 0 aliphatic carbocycles. The maximum Gasteiger partial charge on any atom is 0.305 e. The highest BCUT2D eigenvalue weighted by atomic mass is 35.5. The third-order valence-corrected chi connectivity index (χ3v) is 6.96. The van der Waals surface area contributed by atoms with Crippen molar-refractivity contribution >= 4 is 41.8 Å². The van der Waals surface area contributed by atoms with Crippen LogP contribution in [-0.2, 0) is 27.5 Å². The Morgan fingerprint density at radius 3 is 2.20 bits per heavy atom. The summed E-state index contributed by atoms with van der Waals surface area (Å²) in [5, 5.41) is 10.3. The van der Waals surface area contributed by atoms with Crippen molar-refractivity contribution in [2.75, 3.05) is 20.3 Å². The van der Waals surface area contributed by atoms with Crippen LogP contribution in [0.25, 0.3) is 0 Å². The van der Waals surface area contributed by atoms with E-state index in [1.54, 1.807) is 48.5 Å². The van der Waals surface area contributed by atoms with Crippen LogP contribution in [0.4, 0.5) is 4.39 Å². The molecule has 218 valence electrons. The molecule has 0 radical (unpaired) electrons. The number of carbonyl (C=O) groups is 3. The monoisotopic (exact) mass is 604 g/mol. The maximum absolute atomic E-state index is 13.6. The first-order valence-corrected chi connectivity index (χ1v) is 13.2. The first-order chi connectivity index (χ1) is 19.2. The molecule has 11 heteroatoms. The minimum atomic E-state index is -0.958. The molecular weight excluding hydrogens is 574 g/mol. The fourth-order valence-corrected chi connectivity index (χ4v) is 4.82. The zero-order valence-corrected chi connectivity index (χ0v) is 24.0. The molecule has 0 saturated carbocycles. The number of aliphatic carboxylic acids is 1. The molecule has 1 aliphatic rings. The van der Waals surface area contributed by atoms with E-state index in [4.69, 9.17) is 21.1 Å². The molecule has 0 spiro atoms. The summed E-state index contributed by atoms with van der Waals surface area (Å²) in [5.41, 5.74) is 2.44. The lowest BCUT2D eigenvalue weighted by Gasteiger charge is -2.32. The SMILES string of the molecule is COc1cc(CN(Cc2ccc(F)cc2)C(CC(=O)O)c2ccc(Cl)cc2)ccc1OCCN1C(=O)CCC1=O.Cl. The third-order valence-electron chi connectivity index (χ3n) is 6.70. The van der Waals surface area contributed by atoms with Crippen molar-refractivity contribution in [1.82, 2.24) is 9.80 Å². The summed E-state index contributed by atoms with van der Waals surface area (Å²) < 4.78 is 24.9. The number of amides is 2. The first-order valence-electron chi connectivity index (χ1n) is 12.8. The van der Waals surface area contributed by atoms with Crippen LogP contribution in [0.3, 0.4) is 0 Å². The number of likely N-dealkylation sites (tertiary alicyclic amines) is 1. The van der Waals surface area contributed by atoms with E-state index in [-0.39, 0.29) is 62.5 Å². The Morgan fingerprint density at radius 1 is 0.976 bits per heavy atom. The van der Waals surface area contributed by atoms with Gasteiger partial charge in [0.25, 0.3) is 0 Å². The number of carboxylic acid groups (broad SMARTS) is 1. The molecule has 1 N–H and O–H groups in total. The highest BCUT2D eigenvalue weighted by molar-refractivity contribution is 6.30. The van der Waals surface area contributed by atoms with Gasteiger partial charge in [-0.2, -0.15) is 0 Å². The number of hydrogen-bond acceptors (Lipinski definition) is 6. The van der Waals surface area contributed by atoms with E-state index < -0.39 is 12.0 Å². The number of nitrogens with zero attached hydrogens (tertiary/aromatic N) is 2. The number of halogens is 3. The second kappa shape index (κ2) is 14.8. The van der Waals surface area contributed by atoms with Crippen molar-refractivity contribution in [3.8, 4) is 11.5 Å². The van der Waals surface area contributed by atoms with Gasteiger partial charge in [0.15, 0.2) is 11.5 Å². The van der Waals surface area contributed by atoms with Gasteiger partial charge in [0.2, 0.25) is 11.8 Å². The zero-order chi connectivity index (χ0) is 28.6. The van der Waals surface area contributed by atoms with Crippen molar-refractivity contribution in [2.24, 2.45) is 0 Å². The predicted molar refractivity (Wildman–Crippen MR) is 154 cm³/mol. The van der Waals surface area contributed by atoms with Gasteiger partial charge >= 0.3 is 5.97 Å². The summed E-state index contributed by atoms with van der Waals surface area (Å²) in [6, 6.07) is 18.1. The van der Waals surface area contributed by atoms with Crippen molar-refractivity contribution in [1.29, 1.82) is 0 Å². The standard InChI is InChI=1S/C30H30ClFN2O6.ClH/c1-39-27-16-21(4-11-26(27)40-15-14-34-28(35)12-13-29(34)36)19-33(18-20-2-9-24(32)10-3-20)25(17-30(37)38)22-5-7-23(31)8-6-22;/h2-11,16,25H,12-15,17-19H2,1H3,(H,37,38);1H. The quantitative estimate of drug-likeness (QED) is 0.252. The van der Waals surface area contributed by atoms with Crippen LogP contribution in [0, 0.1) is 5.82 Å². The Morgan fingerprint density at radius 2 is 1.59 bits per heavy atom. The molecule has 1 aliphatic heterocycles. The summed E-state index contributed by atoms with van der Waals surface area (Å²) in [6.45, 7) is 0.998. The van der Waals surface area contributed by atoms with Crippen LogP contribution in [0.1, 0.15) is 42.0 Å². The number of imide groups is 1. The summed E-state index contributed by atoms with van der Waals surface area (Å²) in [5.74, 6) is -0.799. The van der Waals surface area contributed by atoms with Gasteiger partial charge in [0.1, 0.15) is 12.4 Å². The van der Waals surface area contributed by atoms with Gasteiger partial charge in [0, 0.05) is 37.0 Å². The van der Waals surface area contributed by atoms with Gasteiger partial charge in [-0.25, -0.2) is 4.39 Å². The molecule has 1 atom stereocenters. The van der Waals surface area contributed by atoms with Crippen molar-refractivity contribution < 1.29 is 33.4 Å². The summed E-state index contributed by atoms with van der Waals surface area (Å²) >= 11 is 6.08. The van der Waals surface area contributed by atoms with Gasteiger partial charge < -0.3 is 14.6 Å². The second-order valence-electron chi connectivity index (χ2n) is 9.47. The first kappa shape index (κ1) is 31.9. The van der Waals surface area contributed by atoms with Gasteiger partial charge in [-0.3, -0.25) is 24.2 Å². The van der Waals surface area contributed by atoms with Crippen LogP contribution in [0.5, 0.6) is 11.5 Å². The fraction of sp³-hybridized carbons (Fsp3) is 0.300. The maximum atomic E-state index is 13.6. The van der Waals surface area contributed by atoms with E-state index >= 15 is 0 Å². The van der Waals surface area contributed by atoms with E-state index in [9.17, 15) is 23.9 Å². The van der Waals surface area contributed by atoms with Crippen LogP contribution in [0.2, 0.25) is 5.02 Å². The Hall–Kier alpha value is -3.66. The van der Waals surface area contributed by atoms with Crippen molar-refractivity contribution in [3.05, 3.63) is 94.3 Å². The summed E-state index contributed by atoms with van der Waals surface area (Å²) in [4.78, 5) is 38.8. The third kappa shape index (κ3) is 8.66. The van der Waals surface area contributed by atoms with E-state index in [0.717, 1.165) is 16.7 Å². The molecule has 8 nitrogen and oxygen atoms in total. The molecule has 4 rings (SSSR count). The van der Waals surface area contributed by atoms with Gasteiger partial charge in [-0.15, -0.1) is 12.4 Å². The van der Waals surface area contributed by atoms with Crippen molar-refractivity contribution in [3.63, 3.8) is 0 Å². The van der Waals surface area contributed by atoms with E-state index in [1.807, 2.05) is 11.0 Å². The Labute approximate surface area is 249 Å². The largest absolute Gasteiger partial charge is 0.493 e. The number of hydrogen-bond donors (Lipinski definition) is 1. The van der Waals surface area contributed by atoms with E-state index in [2.05, 4.69) is 0 Å². The second-order valence-corrected chi connectivity index (χ2v) is 9.91. The molecule has 2 amide bonds. The molecule has 1 saturated heterocycles. The molecule has 3 aromatic carbocycles. The summed E-state index contributed by atoms with van der Waals surface area (Å²) in [7, 11) is 1.51. The van der Waals surface area contributed by atoms with E-state index in [0.29, 0.717) is 29.6 Å². The normalized spacial score (nSPS) is 13.7. The van der Waals surface area contributed by atoms with Gasteiger partial charge in [-0.1, -0.05) is 41.9 Å². The average molecular weight is 605 g/mol. The molecule has 3 aromatic rings. The Kier molecular flexibility index (Phi) is 11.5. The molecule has 1 heterocycles. The predicted octanol–water partition coefficient (Wildman–Crippen LogP) is 5.66. The number of rotatable bonds is 13. The van der Waals surface area contributed by atoms with Crippen molar-refractivity contribution in [2.45, 2.75) is 38.4 Å². The smallest absolute Gasteiger partial charge is 0.305 e. The van der Waals surface area contributed by atoms with Gasteiger partial charge in [-0.05, 0) is 53.1 Å². The Bertz CT molecular complexity index is 1340. The highest BCUT2D eigenvalue weighted by Gasteiger charge is 2.28. The molecule has 1 unspecified atom stereocenters. The summed E-state index contributed by atoms with van der Waals surface area (Å²) in [6.07, 6.45) is 0.295. The topological polar surface area (TPSA) is 96.4 Å². The lowest BCUT2D eigenvalue weighted by molar-refractivity contribution is -0.140. The Balaban J connectivity index is 0.00000462. The van der Waals surface area contributed by atoms with Gasteiger partial charge in [0.05, 0.1) is 20.1 Å². The highest BCUT2D eigenvalue weighted by Crippen LogP contribution is 2.33. The number of benzene rings is 3. The number of methoxy groups -OCH3 is 1. The minimum Gasteiger partial charge on any atom is -0.493 e. The molecule has 41 heavy (non-hydrogen) atoms. The molecule has 0 aromatic heterocycles. The molecular formula is C30H31Cl2FN2O6. The minimum absolute atomic E-state index is 0. The van der Waals surface area contributed by atoms with Crippen LogP contribution in [-0.4, -0.2) is 53.0 Å². The average Bonchev–Trinajstić information content (AvgIpc) is 3.26. The molecule has 0 bridgehead atoms. The zero-order valence-electron chi connectivity index (χ0n) is 22.4. The lowest BCUT2D eigenvalue weighted by atomic mass is 10.00. The van der Waals surface area contributed by atoms with Crippen LogP contribution >= 0.6 is 24.0 Å².